The van der Waals surface area contributed by atoms with Crippen molar-refractivity contribution in [3.8, 4) is 22.9 Å². The Morgan fingerprint density at radius 3 is 2.56 bits per heavy atom. The van der Waals surface area contributed by atoms with Gasteiger partial charge in [0, 0.05) is 11.8 Å². The maximum atomic E-state index is 9.84. The Morgan fingerprint density at radius 1 is 1.31 bits per heavy atom. The molecule has 0 saturated heterocycles. The van der Waals surface area contributed by atoms with E-state index in [0.717, 1.165) is 11.4 Å². The van der Waals surface area contributed by atoms with Gasteiger partial charge in [-0.1, -0.05) is 0 Å². The molecule has 1 aromatic carbocycles. The van der Waals surface area contributed by atoms with E-state index in [-0.39, 0.29) is 5.75 Å². The molecule has 4 nitrogen and oxygen atoms in total. The van der Waals surface area contributed by atoms with Gasteiger partial charge in [-0.05, 0) is 26.0 Å². The third kappa shape index (κ3) is 1.74. The minimum absolute atomic E-state index is 0.160. The number of aryl methyl sites for hydroxylation is 2. The fraction of sp³-hybridized carbons (Fsp3) is 0.250. The Morgan fingerprint density at radius 2 is 2.06 bits per heavy atom. The highest BCUT2D eigenvalue weighted by Gasteiger charge is 2.10. The van der Waals surface area contributed by atoms with Crippen LogP contribution in [0, 0.1) is 13.8 Å². The molecule has 84 valence electrons. The summed E-state index contributed by atoms with van der Waals surface area (Å²) in [5.41, 5.74) is 2.62. The lowest BCUT2D eigenvalue weighted by Gasteiger charge is -2.04. The third-order valence-electron chi connectivity index (χ3n) is 2.59. The number of phenols is 1. The molecule has 0 atom stereocenters. The molecule has 0 fully saturated rings. The van der Waals surface area contributed by atoms with Gasteiger partial charge in [0.1, 0.15) is 17.3 Å². The van der Waals surface area contributed by atoms with E-state index in [1.54, 1.807) is 25.3 Å². The molecule has 0 saturated carbocycles. The Hall–Kier alpha value is -1.97. The van der Waals surface area contributed by atoms with Crippen molar-refractivity contribution in [3.05, 3.63) is 29.6 Å². The number of aromatic nitrogens is 2. The lowest BCUT2D eigenvalue weighted by Crippen LogP contribution is -1.85. The van der Waals surface area contributed by atoms with Crippen LogP contribution in [0.2, 0.25) is 0 Å². The Kier molecular flexibility index (Phi) is 2.56. The van der Waals surface area contributed by atoms with E-state index in [2.05, 4.69) is 9.97 Å². The number of aromatic hydroxyl groups is 1. The third-order valence-corrected chi connectivity index (χ3v) is 2.59. The average Bonchev–Trinajstić information content (AvgIpc) is 2.58. The van der Waals surface area contributed by atoms with E-state index < -0.39 is 0 Å². The molecule has 0 bridgehead atoms. The number of H-pyrrole nitrogens is 1. The van der Waals surface area contributed by atoms with Gasteiger partial charge in [-0.3, -0.25) is 0 Å². The van der Waals surface area contributed by atoms with Crippen molar-refractivity contribution in [3.63, 3.8) is 0 Å². The average molecular weight is 218 g/mol. The summed E-state index contributed by atoms with van der Waals surface area (Å²) in [6.07, 6.45) is 0. The number of rotatable bonds is 2. The normalized spacial score (nSPS) is 10.4. The van der Waals surface area contributed by atoms with Crippen molar-refractivity contribution in [1.29, 1.82) is 0 Å². The lowest BCUT2D eigenvalue weighted by molar-refractivity contribution is 0.408. The van der Waals surface area contributed by atoms with E-state index in [1.165, 1.54) is 0 Å². The van der Waals surface area contributed by atoms with Gasteiger partial charge in [0.05, 0.1) is 18.4 Å². The predicted octanol–water partition coefficient (Wildman–Crippen LogP) is 2.41. The Balaban J connectivity index is 2.48. The molecule has 0 aliphatic heterocycles. The second-order valence-corrected chi connectivity index (χ2v) is 3.68. The van der Waals surface area contributed by atoms with Crippen LogP contribution in [0.15, 0.2) is 18.2 Å². The summed E-state index contributed by atoms with van der Waals surface area (Å²) in [7, 11) is 1.57. The van der Waals surface area contributed by atoms with Crippen LogP contribution < -0.4 is 4.74 Å². The van der Waals surface area contributed by atoms with Gasteiger partial charge in [-0.15, -0.1) is 0 Å². The second kappa shape index (κ2) is 3.89. The molecule has 2 aromatic rings. The number of nitrogens with zero attached hydrogens (tertiary/aromatic N) is 1. The zero-order valence-electron chi connectivity index (χ0n) is 9.53. The molecule has 0 aliphatic rings. The number of hydrogen-bond acceptors (Lipinski definition) is 3. The molecule has 2 rings (SSSR count). The van der Waals surface area contributed by atoms with Gasteiger partial charge >= 0.3 is 0 Å². The van der Waals surface area contributed by atoms with Crippen LogP contribution in [-0.4, -0.2) is 22.2 Å². The monoisotopic (exact) mass is 218 g/mol. The molecule has 0 amide bonds. The van der Waals surface area contributed by atoms with Crippen LogP contribution in [0.1, 0.15) is 11.4 Å². The van der Waals surface area contributed by atoms with E-state index in [1.807, 2.05) is 13.8 Å². The lowest BCUT2D eigenvalue weighted by atomic mass is 10.2. The van der Waals surface area contributed by atoms with Crippen LogP contribution in [-0.2, 0) is 0 Å². The van der Waals surface area contributed by atoms with Crippen molar-refractivity contribution in [1.82, 2.24) is 9.97 Å². The standard InChI is InChI=1S/C12H14N2O2/c1-7-8(2)14-12(13-7)10-5-4-9(16-3)6-11(10)15/h4-6,15H,1-3H3,(H,13,14). The highest BCUT2D eigenvalue weighted by molar-refractivity contribution is 5.65. The molecular weight excluding hydrogens is 204 g/mol. The summed E-state index contributed by atoms with van der Waals surface area (Å²) in [5, 5.41) is 9.84. The first kappa shape index (κ1) is 10.5. The molecule has 2 N–H and O–H groups in total. The van der Waals surface area contributed by atoms with E-state index in [0.29, 0.717) is 17.1 Å². The van der Waals surface area contributed by atoms with Gasteiger partial charge in [-0.2, -0.15) is 0 Å². The number of methoxy groups -OCH3 is 1. The molecule has 0 spiro atoms. The number of ether oxygens (including phenoxy) is 1. The number of nitrogens with one attached hydrogen (secondary N) is 1. The van der Waals surface area contributed by atoms with Crippen LogP contribution in [0.4, 0.5) is 0 Å². The Bertz CT molecular complexity index is 498. The van der Waals surface area contributed by atoms with Crippen molar-refractivity contribution in [2.45, 2.75) is 13.8 Å². The summed E-state index contributed by atoms with van der Waals surface area (Å²) < 4.78 is 5.02. The zero-order chi connectivity index (χ0) is 11.7. The second-order valence-electron chi connectivity index (χ2n) is 3.68. The van der Waals surface area contributed by atoms with Gasteiger partial charge in [0.25, 0.3) is 0 Å². The highest BCUT2D eigenvalue weighted by atomic mass is 16.5. The maximum Gasteiger partial charge on any atom is 0.141 e. The van der Waals surface area contributed by atoms with E-state index in [9.17, 15) is 5.11 Å². The first-order valence-corrected chi connectivity index (χ1v) is 5.02. The summed E-state index contributed by atoms with van der Waals surface area (Å²) in [6.45, 7) is 3.88. The SMILES string of the molecule is COc1ccc(-c2nc(C)c(C)[nH]2)c(O)c1. The van der Waals surface area contributed by atoms with Crippen molar-refractivity contribution >= 4 is 0 Å². The van der Waals surface area contributed by atoms with Crippen molar-refractivity contribution in [2.75, 3.05) is 7.11 Å². The van der Waals surface area contributed by atoms with E-state index in [4.69, 9.17) is 4.74 Å². The first-order chi connectivity index (χ1) is 7.61. The van der Waals surface area contributed by atoms with Crippen LogP contribution in [0.3, 0.4) is 0 Å². The van der Waals surface area contributed by atoms with Crippen molar-refractivity contribution in [2.24, 2.45) is 0 Å². The molecular formula is C12H14N2O2. The molecule has 16 heavy (non-hydrogen) atoms. The van der Waals surface area contributed by atoms with Crippen LogP contribution in [0.25, 0.3) is 11.4 Å². The number of phenolic OH excluding ortho intramolecular Hbond substituents is 1. The molecule has 4 heteroatoms. The van der Waals surface area contributed by atoms with Gasteiger partial charge in [0.15, 0.2) is 0 Å². The smallest absolute Gasteiger partial charge is 0.141 e. The number of aromatic amines is 1. The topological polar surface area (TPSA) is 58.1 Å². The van der Waals surface area contributed by atoms with Crippen LogP contribution >= 0.6 is 0 Å². The quantitative estimate of drug-likeness (QED) is 0.813. The molecule has 0 unspecified atom stereocenters. The molecule has 0 aliphatic carbocycles. The first-order valence-electron chi connectivity index (χ1n) is 5.02. The fourth-order valence-corrected chi connectivity index (χ4v) is 1.51. The molecule has 1 aromatic heterocycles. The molecule has 1 heterocycles. The van der Waals surface area contributed by atoms with Gasteiger partial charge in [-0.25, -0.2) is 4.98 Å². The van der Waals surface area contributed by atoms with Gasteiger partial charge < -0.3 is 14.8 Å². The highest BCUT2D eigenvalue weighted by Crippen LogP contribution is 2.30. The Labute approximate surface area is 93.9 Å². The summed E-state index contributed by atoms with van der Waals surface area (Å²) in [4.78, 5) is 7.47. The summed E-state index contributed by atoms with van der Waals surface area (Å²) in [6, 6.07) is 5.15. The maximum absolute atomic E-state index is 9.84. The van der Waals surface area contributed by atoms with Gasteiger partial charge in [0.2, 0.25) is 0 Å². The minimum atomic E-state index is 0.160. The number of hydrogen-bond donors (Lipinski definition) is 2. The van der Waals surface area contributed by atoms with E-state index >= 15 is 0 Å². The molecule has 0 radical (unpaired) electrons. The minimum Gasteiger partial charge on any atom is -0.507 e. The fourth-order valence-electron chi connectivity index (χ4n) is 1.51. The number of imidazole rings is 1. The predicted molar refractivity (Wildman–Crippen MR) is 61.7 cm³/mol. The summed E-state index contributed by atoms with van der Waals surface area (Å²) in [5.74, 6) is 1.46. The summed E-state index contributed by atoms with van der Waals surface area (Å²) >= 11 is 0. The largest absolute Gasteiger partial charge is 0.507 e. The van der Waals surface area contributed by atoms with Crippen LogP contribution in [0.5, 0.6) is 11.5 Å². The van der Waals surface area contributed by atoms with Crippen molar-refractivity contribution < 1.29 is 9.84 Å². The zero-order valence-corrected chi connectivity index (χ0v) is 9.53. The number of benzene rings is 1.